The number of ether oxygens (including phenoxy) is 2. The fourth-order valence-electron chi connectivity index (χ4n) is 2.14. The summed E-state index contributed by atoms with van der Waals surface area (Å²) < 4.78 is 12.4. The number of hydrogen-bond acceptors (Lipinski definition) is 3. The van der Waals surface area contributed by atoms with Crippen molar-refractivity contribution in [1.29, 1.82) is 0 Å². The van der Waals surface area contributed by atoms with Crippen LogP contribution in [-0.2, 0) is 6.42 Å². The molecule has 0 aliphatic rings. The van der Waals surface area contributed by atoms with Crippen molar-refractivity contribution in [3.05, 3.63) is 55.6 Å². The van der Waals surface area contributed by atoms with Gasteiger partial charge in [0.25, 0.3) is 5.91 Å². The van der Waals surface area contributed by atoms with Gasteiger partial charge >= 0.3 is 0 Å². The molecule has 2 aromatic rings. The summed E-state index contributed by atoms with van der Waals surface area (Å²) in [7, 11) is 3.13. The molecule has 0 spiro atoms. The van der Waals surface area contributed by atoms with Crippen LogP contribution in [0.15, 0.2) is 40.9 Å². The number of methoxy groups -OCH3 is 2. The molecule has 0 saturated heterocycles. The normalized spacial score (nSPS) is 10.3. The number of amides is 1. The summed E-state index contributed by atoms with van der Waals surface area (Å²) in [4.78, 5) is 12.4. The van der Waals surface area contributed by atoms with Crippen molar-refractivity contribution >= 4 is 44.4 Å². The van der Waals surface area contributed by atoms with Gasteiger partial charge in [-0.1, -0.05) is 34.1 Å². The monoisotopic (exact) mass is 489 g/mol. The summed E-state index contributed by atoms with van der Waals surface area (Å²) >= 11 is 5.63. The largest absolute Gasteiger partial charge is 0.493 e. The van der Waals surface area contributed by atoms with Crippen LogP contribution in [0.25, 0.3) is 0 Å². The van der Waals surface area contributed by atoms with Crippen molar-refractivity contribution in [1.82, 2.24) is 5.32 Å². The standard InChI is InChI=1S/C17H17BrINO3/c1-22-15-9-12(14(19)10-16(15)23-2)17(21)20-8-7-11-5-3-4-6-13(11)18/h3-6,9-10H,7-8H2,1-2H3,(H,20,21). The Labute approximate surface area is 157 Å². The van der Waals surface area contributed by atoms with Crippen LogP contribution in [0, 0.1) is 3.57 Å². The topological polar surface area (TPSA) is 47.6 Å². The Hall–Kier alpha value is -1.28. The van der Waals surface area contributed by atoms with Gasteiger partial charge in [0.1, 0.15) is 0 Å². The third-order valence-electron chi connectivity index (χ3n) is 3.36. The summed E-state index contributed by atoms with van der Waals surface area (Å²) in [5, 5.41) is 2.94. The molecule has 0 unspecified atom stereocenters. The van der Waals surface area contributed by atoms with Gasteiger partial charge in [-0.05, 0) is 52.8 Å². The van der Waals surface area contributed by atoms with Crippen LogP contribution >= 0.6 is 38.5 Å². The summed E-state index contributed by atoms with van der Waals surface area (Å²) in [5.41, 5.74) is 1.74. The first kappa shape index (κ1) is 18.1. The molecular weight excluding hydrogens is 473 g/mol. The second kappa shape index (κ2) is 8.54. The molecule has 1 amide bonds. The first-order chi connectivity index (χ1) is 11.1. The molecule has 0 bridgehead atoms. The zero-order valence-corrected chi connectivity index (χ0v) is 16.6. The zero-order chi connectivity index (χ0) is 16.8. The molecular formula is C17H17BrINO3. The van der Waals surface area contributed by atoms with Gasteiger partial charge in [0.2, 0.25) is 0 Å². The Morgan fingerprint density at radius 3 is 2.48 bits per heavy atom. The minimum atomic E-state index is -0.123. The third-order valence-corrected chi connectivity index (χ3v) is 5.02. The van der Waals surface area contributed by atoms with E-state index in [2.05, 4.69) is 43.8 Å². The number of carbonyl (C=O) groups is 1. The van der Waals surface area contributed by atoms with Crippen molar-refractivity contribution in [3.8, 4) is 11.5 Å². The van der Waals surface area contributed by atoms with Crippen LogP contribution in [0.5, 0.6) is 11.5 Å². The zero-order valence-electron chi connectivity index (χ0n) is 12.9. The van der Waals surface area contributed by atoms with Crippen molar-refractivity contribution < 1.29 is 14.3 Å². The first-order valence-corrected chi connectivity index (χ1v) is 8.87. The maximum absolute atomic E-state index is 12.4. The first-order valence-electron chi connectivity index (χ1n) is 7.00. The predicted octanol–water partition coefficient (Wildman–Crippen LogP) is 4.04. The summed E-state index contributed by atoms with van der Waals surface area (Å²) in [5.74, 6) is 1.04. The maximum atomic E-state index is 12.4. The fraction of sp³-hybridized carbons (Fsp3) is 0.235. The molecule has 23 heavy (non-hydrogen) atoms. The summed E-state index contributed by atoms with van der Waals surface area (Å²) in [6, 6.07) is 11.5. The molecule has 0 heterocycles. The lowest BCUT2D eigenvalue weighted by molar-refractivity contribution is 0.0953. The molecule has 122 valence electrons. The number of hydrogen-bond donors (Lipinski definition) is 1. The Morgan fingerprint density at radius 2 is 1.83 bits per heavy atom. The van der Waals surface area contributed by atoms with Gasteiger partial charge in [0.05, 0.1) is 19.8 Å². The molecule has 1 N–H and O–H groups in total. The van der Waals surface area contributed by atoms with E-state index in [0.717, 1.165) is 20.0 Å². The Morgan fingerprint density at radius 1 is 1.17 bits per heavy atom. The maximum Gasteiger partial charge on any atom is 0.252 e. The number of rotatable bonds is 6. The number of carbonyl (C=O) groups excluding carboxylic acids is 1. The van der Waals surface area contributed by atoms with E-state index in [9.17, 15) is 4.79 Å². The van der Waals surface area contributed by atoms with Crippen LogP contribution in [0.2, 0.25) is 0 Å². The average Bonchev–Trinajstić information content (AvgIpc) is 2.56. The lowest BCUT2D eigenvalue weighted by Gasteiger charge is -2.12. The van der Waals surface area contributed by atoms with E-state index < -0.39 is 0 Å². The molecule has 2 rings (SSSR count). The van der Waals surface area contributed by atoms with Gasteiger partial charge in [-0.2, -0.15) is 0 Å². The van der Waals surface area contributed by atoms with Crippen LogP contribution in [0.1, 0.15) is 15.9 Å². The second-order valence-electron chi connectivity index (χ2n) is 4.78. The highest BCUT2D eigenvalue weighted by Gasteiger charge is 2.15. The van der Waals surface area contributed by atoms with Gasteiger partial charge in [0.15, 0.2) is 11.5 Å². The number of benzene rings is 2. The van der Waals surface area contributed by atoms with E-state index in [1.54, 1.807) is 26.4 Å². The predicted molar refractivity (Wildman–Crippen MR) is 102 cm³/mol. The van der Waals surface area contributed by atoms with E-state index in [4.69, 9.17) is 9.47 Å². The lowest BCUT2D eigenvalue weighted by atomic mass is 10.1. The van der Waals surface area contributed by atoms with Crippen LogP contribution in [0.4, 0.5) is 0 Å². The minimum absolute atomic E-state index is 0.123. The van der Waals surface area contributed by atoms with E-state index in [-0.39, 0.29) is 5.91 Å². The Bertz CT molecular complexity index is 706. The SMILES string of the molecule is COc1cc(I)c(C(=O)NCCc2ccccc2Br)cc1OC. The molecule has 0 aliphatic carbocycles. The highest BCUT2D eigenvalue weighted by Crippen LogP contribution is 2.31. The highest BCUT2D eigenvalue weighted by atomic mass is 127. The molecule has 4 nitrogen and oxygen atoms in total. The van der Waals surface area contributed by atoms with Gasteiger partial charge in [0, 0.05) is 14.6 Å². The average molecular weight is 490 g/mol. The van der Waals surface area contributed by atoms with E-state index in [1.807, 2.05) is 24.3 Å². The van der Waals surface area contributed by atoms with E-state index in [1.165, 1.54) is 0 Å². The highest BCUT2D eigenvalue weighted by molar-refractivity contribution is 14.1. The summed E-state index contributed by atoms with van der Waals surface area (Å²) in [6.45, 7) is 0.561. The van der Waals surface area contributed by atoms with Crippen molar-refractivity contribution in [2.45, 2.75) is 6.42 Å². The van der Waals surface area contributed by atoms with Crippen LogP contribution in [-0.4, -0.2) is 26.7 Å². The molecule has 0 aliphatic heterocycles. The molecule has 0 fully saturated rings. The summed E-state index contributed by atoms with van der Waals surface area (Å²) in [6.07, 6.45) is 0.761. The van der Waals surface area contributed by atoms with Gasteiger partial charge in [-0.25, -0.2) is 0 Å². The van der Waals surface area contributed by atoms with Crippen LogP contribution < -0.4 is 14.8 Å². The quantitative estimate of drug-likeness (QED) is 0.623. The van der Waals surface area contributed by atoms with Gasteiger partial charge in [-0.15, -0.1) is 0 Å². The Kier molecular flexibility index (Phi) is 6.71. The second-order valence-corrected chi connectivity index (χ2v) is 6.80. The number of nitrogens with one attached hydrogen (secondary N) is 1. The lowest BCUT2D eigenvalue weighted by Crippen LogP contribution is -2.26. The Balaban J connectivity index is 2.05. The van der Waals surface area contributed by atoms with Crippen LogP contribution in [0.3, 0.4) is 0 Å². The van der Waals surface area contributed by atoms with Crippen molar-refractivity contribution in [3.63, 3.8) is 0 Å². The molecule has 6 heteroatoms. The van der Waals surface area contributed by atoms with Crippen molar-refractivity contribution in [2.75, 3.05) is 20.8 Å². The molecule has 0 saturated carbocycles. The number of halogens is 2. The van der Waals surface area contributed by atoms with Crippen molar-refractivity contribution in [2.24, 2.45) is 0 Å². The molecule has 0 aromatic heterocycles. The molecule has 0 atom stereocenters. The fourth-order valence-corrected chi connectivity index (χ4v) is 3.30. The minimum Gasteiger partial charge on any atom is -0.493 e. The molecule has 2 aromatic carbocycles. The smallest absolute Gasteiger partial charge is 0.252 e. The van der Waals surface area contributed by atoms with Gasteiger partial charge < -0.3 is 14.8 Å². The third kappa shape index (κ3) is 4.60. The van der Waals surface area contributed by atoms with E-state index >= 15 is 0 Å². The molecule has 0 radical (unpaired) electrons. The van der Waals surface area contributed by atoms with E-state index in [0.29, 0.717) is 23.6 Å². The van der Waals surface area contributed by atoms with Gasteiger partial charge in [-0.3, -0.25) is 4.79 Å².